The minimum atomic E-state index is -0.890. The SMILES string of the molecule is O=C(O)CC1CC(CO)OCO1. The molecule has 0 aromatic rings. The van der Waals surface area contributed by atoms with E-state index in [1.54, 1.807) is 0 Å². The van der Waals surface area contributed by atoms with E-state index < -0.39 is 5.97 Å². The number of hydrogen-bond acceptors (Lipinski definition) is 4. The van der Waals surface area contributed by atoms with E-state index in [9.17, 15) is 4.79 Å². The minimum absolute atomic E-state index is 0.0279. The molecule has 0 aliphatic carbocycles. The van der Waals surface area contributed by atoms with Gasteiger partial charge >= 0.3 is 5.97 Å². The van der Waals surface area contributed by atoms with Crippen LogP contribution in [0.1, 0.15) is 12.8 Å². The van der Waals surface area contributed by atoms with Gasteiger partial charge < -0.3 is 19.7 Å². The van der Waals surface area contributed by atoms with Crippen LogP contribution in [-0.4, -0.2) is 41.8 Å². The van der Waals surface area contributed by atoms with Crippen LogP contribution in [-0.2, 0) is 14.3 Å². The lowest BCUT2D eigenvalue weighted by Crippen LogP contribution is -2.34. The highest BCUT2D eigenvalue weighted by Crippen LogP contribution is 2.15. The second-order valence-corrected chi connectivity index (χ2v) is 2.71. The highest BCUT2D eigenvalue weighted by Gasteiger charge is 2.24. The molecule has 1 fully saturated rings. The summed E-state index contributed by atoms with van der Waals surface area (Å²) in [6.45, 7) is -0.0113. The summed E-state index contributed by atoms with van der Waals surface area (Å²) >= 11 is 0. The van der Waals surface area contributed by atoms with Gasteiger partial charge in [-0.05, 0) is 0 Å². The molecule has 1 aliphatic heterocycles. The molecule has 1 heterocycles. The largest absolute Gasteiger partial charge is 0.481 e. The molecule has 0 radical (unpaired) electrons. The van der Waals surface area contributed by atoms with Crippen LogP contribution in [0.3, 0.4) is 0 Å². The van der Waals surface area contributed by atoms with Gasteiger partial charge in [-0.2, -0.15) is 0 Å². The zero-order valence-electron chi connectivity index (χ0n) is 6.60. The van der Waals surface area contributed by atoms with Crippen molar-refractivity contribution in [1.29, 1.82) is 0 Å². The molecule has 2 atom stereocenters. The highest BCUT2D eigenvalue weighted by atomic mass is 16.7. The van der Waals surface area contributed by atoms with Gasteiger partial charge in [0.25, 0.3) is 0 Å². The Bertz CT molecular complexity index is 158. The number of carboxylic acids is 1. The second-order valence-electron chi connectivity index (χ2n) is 2.71. The first kappa shape index (κ1) is 9.44. The normalized spacial score (nSPS) is 30.1. The van der Waals surface area contributed by atoms with E-state index in [4.69, 9.17) is 19.7 Å². The molecule has 0 bridgehead atoms. The summed E-state index contributed by atoms with van der Waals surface area (Å²) < 4.78 is 9.98. The number of ether oxygens (including phenoxy) is 2. The van der Waals surface area contributed by atoms with Crippen LogP contribution < -0.4 is 0 Å². The van der Waals surface area contributed by atoms with Crippen LogP contribution >= 0.6 is 0 Å². The zero-order chi connectivity index (χ0) is 8.97. The highest BCUT2D eigenvalue weighted by molar-refractivity contribution is 5.67. The third-order valence-corrected chi connectivity index (χ3v) is 1.74. The number of aliphatic hydroxyl groups excluding tert-OH is 1. The smallest absolute Gasteiger partial charge is 0.305 e. The van der Waals surface area contributed by atoms with Crippen LogP contribution in [0.4, 0.5) is 0 Å². The van der Waals surface area contributed by atoms with Gasteiger partial charge in [-0.1, -0.05) is 0 Å². The van der Waals surface area contributed by atoms with E-state index in [0.717, 1.165) is 0 Å². The molecule has 12 heavy (non-hydrogen) atoms. The lowest BCUT2D eigenvalue weighted by atomic mass is 10.1. The van der Waals surface area contributed by atoms with Gasteiger partial charge in [0.1, 0.15) is 6.79 Å². The molecule has 2 unspecified atom stereocenters. The molecule has 70 valence electrons. The Morgan fingerprint density at radius 3 is 2.67 bits per heavy atom. The van der Waals surface area contributed by atoms with Crippen molar-refractivity contribution >= 4 is 5.97 Å². The standard InChI is InChI=1S/C7H12O5/c8-3-6-1-5(2-7(9)10)11-4-12-6/h5-6,8H,1-4H2,(H,9,10). The van der Waals surface area contributed by atoms with Crippen molar-refractivity contribution in [2.75, 3.05) is 13.4 Å². The van der Waals surface area contributed by atoms with Gasteiger partial charge in [-0.3, -0.25) is 4.79 Å². The third-order valence-electron chi connectivity index (χ3n) is 1.74. The molecule has 2 N–H and O–H groups in total. The summed E-state index contributed by atoms with van der Waals surface area (Å²) in [5, 5.41) is 17.2. The molecule has 5 nitrogen and oxygen atoms in total. The molecule has 1 saturated heterocycles. The van der Waals surface area contributed by atoms with Crippen LogP contribution in [0.5, 0.6) is 0 Å². The van der Waals surface area contributed by atoms with Crippen molar-refractivity contribution in [3.8, 4) is 0 Å². The summed E-state index contributed by atoms with van der Waals surface area (Å²) in [6.07, 6.45) is -0.181. The number of hydrogen-bond donors (Lipinski definition) is 2. The Balaban J connectivity index is 2.30. The van der Waals surface area contributed by atoms with Gasteiger partial charge in [0.15, 0.2) is 0 Å². The van der Waals surface area contributed by atoms with Crippen molar-refractivity contribution in [1.82, 2.24) is 0 Å². The number of carboxylic acid groups (broad SMARTS) is 1. The Hall–Kier alpha value is -0.650. The fourth-order valence-corrected chi connectivity index (χ4v) is 1.13. The fourth-order valence-electron chi connectivity index (χ4n) is 1.13. The van der Waals surface area contributed by atoms with E-state index in [-0.39, 0.29) is 32.0 Å². The number of aliphatic carboxylic acids is 1. The molecule has 1 aliphatic rings. The summed E-state index contributed by atoms with van der Waals surface area (Å²) in [7, 11) is 0. The molecule has 0 saturated carbocycles. The zero-order valence-corrected chi connectivity index (χ0v) is 6.60. The van der Waals surface area contributed by atoms with Crippen LogP contribution in [0.25, 0.3) is 0 Å². The Morgan fingerprint density at radius 1 is 1.42 bits per heavy atom. The fraction of sp³-hybridized carbons (Fsp3) is 0.857. The lowest BCUT2D eigenvalue weighted by Gasteiger charge is -2.27. The maximum Gasteiger partial charge on any atom is 0.305 e. The van der Waals surface area contributed by atoms with Crippen molar-refractivity contribution in [3.63, 3.8) is 0 Å². The van der Waals surface area contributed by atoms with Gasteiger partial charge in [-0.25, -0.2) is 0 Å². The molecule has 0 amide bonds. The van der Waals surface area contributed by atoms with Crippen LogP contribution in [0.15, 0.2) is 0 Å². The van der Waals surface area contributed by atoms with Gasteiger partial charge in [0.05, 0.1) is 25.2 Å². The van der Waals surface area contributed by atoms with Gasteiger partial charge in [-0.15, -0.1) is 0 Å². The van der Waals surface area contributed by atoms with Crippen LogP contribution in [0, 0.1) is 0 Å². The first-order valence-electron chi connectivity index (χ1n) is 3.78. The predicted octanol–water partition coefficient (Wildman–Crippen LogP) is -0.415. The molecule has 0 aromatic heterocycles. The predicted molar refractivity (Wildman–Crippen MR) is 38.6 cm³/mol. The number of aliphatic hydroxyl groups is 1. The third kappa shape index (κ3) is 2.77. The Kier molecular flexibility index (Phi) is 3.46. The quantitative estimate of drug-likeness (QED) is 0.611. The molecular weight excluding hydrogens is 164 g/mol. The van der Waals surface area contributed by atoms with Crippen molar-refractivity contribution in [2.24, 2.45) is 0 Å². The Morgan fingerprint density at radius 2 is 2.08 bits per heavy atom. The van der Waals surface area contributed by atoms with E-state index >= 15 is 0 Å². The topological polar surface area (TPSA) is 76.0 Å². The maximum absolute atomic E-state index is 10.3. The summed E-state index contributed by atoms with van der Waals surface area (Å²) in [5.74, 6) is -0.890. The molecular formula is C7H12O5. The van der Waals surface area contributed by atoms with E-state index in [1.165, 1.54) is 0 Å². The summed E-state index contributed by atoms with van der Waals surface area (Å²) in [6, 6.07) is 0. The second kappa shape index (κ2) is 4.39. The lowest BCUT2D eigenvalue weighted by molar-refractivity contribution is -0.189. The van der Waals surface area contributed by atoms with E-state index in [2.05, 4.69) is 0 Å². The maximum atomic E-state index is 10.3. The van der Waals surface area contributed by atoms with E-state index in [1.807, 2.05) is 0 Å². The molecule has 0 aromatic carbocycles. The summed E-state index contributed by atoms with van der Waals surface area (Å²) in [5.41, 5.74) is 0. The molecule has 1 rings (SSSR count). The van der Waals surface area contributed by atoms with Crippen molar-refractivity contribution in [2.45, 2.75) is 25.0 Å². The average Bonchev–Trinajstić information content (AvgIpc) is 2.03. The molecule has 5 heteroatoms. The van der Waals surface area contributed by atoms with Crippen LogP contribution in [0.2, 0.25) is 0 Å². The van der Waals surface area contributed by atoms with Crippen molar-refractivity contribution in [3.05, 3.63) is 0 Å². The van der Waals surface area contributed by atoms with Crippen molar-refractivity contribution < 1.29 is 24.5 Å². The monoisotopic (exact) mass is 176 g/mol. The number of rotatable bonds is 3. The first-order chi connectivity index (χ1) is 5.72. The van der Waals surface area contributed by atoms with Gasteiger partial charge in [0, 0.05) is 6.42 Å². The minimum Gasteiger partial charge on any atom is -0.481 e. The summed E-state index contributed by atoms with van der Waals surface area (Å²) in [4.78, 5) is 10.3. The number of carbonyl (C=O) groups is 1. The molecule has 0 spiro atoms. The first-order valence-corrected chi connectivity index (χ1v) is 3.78. The van der Waals surface area contributed by atoms with E-state index in [0.29, 0.717) is 6.42 Å². The Labute approximate surface area is 69.9 Å². The average molecular weight is 176 g/mol. The van der Waals surface area contributed by atoms with Gasteiger partial charge in [0.2, 0.25) is 0 Å².